The molecule has 0 saturated heterocycles. The first-order chi connectivity index (χ1) is 10.9. The van der Waals surface area contributed by atoms with Gasteiger partial charge < -0.3 is 4.74 Å². The third-order valence-electron chi connectivity index (χ3n) is 2.86. The van der Waals surface area contributed by atoms with E-state index < -0.39 is 12.1 Å². The Morgan fingerprint density at radius 1 is 1.09 bits per heavy atom. The highest BCUT2D eigenvalue weighted by atomic mass is 19.4. The van der Waals surface area contributed by atoms with Crippen LogP contribution in [0.25, 0.3) is 6.08 Å². The van der Waals surface area contributed by atoms with Crippen LogP contribution in [0, 0.1) is 11.3 Å². The number of nitrogens with zero attached hydrogens (tertiary/aromatic N) is 1. The van der Waals surface area contributed by atoms with Gasteiger partial charge >= 0.3 is 6.36 Å². The molecule has 0 spiro atoms. The van der Waals surface area contributed by atoms with Crippen LogP contribution in [-0.4, -0.2) is 12.1 Å². The first-order valence-electron chi connectivity index (χ1n) is 6.46. The van der Waals surface area contributed by atoms with Gasteiger partial charge in [0.25, 0.3) is 0 Å². The first kappa shape index (κ1) is 16.3. The monoisotopic (exact) mass is 317 g/mol. The van der Waals surface area contributed by atoms with Gasteiger partial charge in [0.2, 0.25) is 0 Å². The van der Waals surface area contributed by atoms with Crippen LogP contribution in [-0.2, 0) is 0 Å². The number of ketones is 1. The predicted molar refractivity (Wildman–Crippen MR) is 77.6 cm³/mol. The number of ether oxygens (including phenoxy) is 1. The predicted octanol–water partition coefficient (Wildman–Crippen LogP) is 4.35. The average molecular weight is 317 g/mol. The van der Waals surface area contributed by atoms with Gasteiger partial charge in [-0.05, 0) is 42.5 Å². The highest BCUT2D eigenvalue weighted by molar-refractivity contribution is 6.07. The Balaban J connectivity index is 2.19. The fraction of sp³-hybridized carbons (Fsp3) is 0.0588. The number of rotatable bonds is 4. The van der Waals surface area contributed by atoms with Gasteiger partial charge in [0.05, 0.1) is 11.6 Å². The topological polar surface area (TPSA) is 50.1 Å². The van der Waals surface area contributed by atoms with Crippen LogP contribution < -0.4 is 4.74 Å². The number of alkyl halides is 3. The number of hydrogen-bond acceptors (Lipinski definition) is 3. The SMILES string of the molecule is N#Cc1ccc(C(=O)/C=C/c2ccccc2OC(F)(F)F)cc1. The second-order valence-electron chi connectivity index (χ2n) is 4.47. The Bertz CT molecular complexity index is 772. The van der Waals surface area contributed by atoms with Crippen LogP contribution in [0.3, 0.4) is 0 Å². The maximum Gasteiger partial charge on any atom is 0.573 e. The molecule has 0 aliphatic rings. The summed E-state index contributed by atoms with van der Waals surface area (Å²) < 4.78 is 40.9. The summed E-state index contributed by atoms with van der Waals surface area (Å²) in [5, 5.41) is 8.69. The molecule has 0 N–H and O–H groups in total. The molecule has 3 nitrogen and oxygen atoms in total. The highest BCUT2D eigenvalue weighted by Crippen LogP contribution is 2.27. The number of halogens is 3. The van der Waals surface area contributed by atoms with Crippen molar-refractivity contribution in [2.24, 2.45) is 0 Å². The smallest absolute Gasteiger partial charge is 0.405 e. The molecule has 0 heterocycles. The van der Waals surface area contributed by atoms with E-state index in [2.05, 4.69) is 4.74 Å². The minimum Gasteiger partial charge on any atom is -0.405 e. The van der Waals surface area contributed by atoms with Crippen molar-refractivity contribution >= 4 is 11.9 Å². The molecule has 0 aliphatic heterocycles. The molecule has 0 aliphatic carbocycles. The van der Waals surface area contributed by atoms with Gasteiger partial charge in [-0.1, -0.05) is 18.2 Å². The van der Waals surface area contributed by atoms with E-state index in [4.69, 9.17) is 5.26 Å². The maximum absolute atomic E-state index is 12.3. The van der Waals surface area contributed by atoms with Crippen LogP contribution in [0.1, 0.15) is 21.5 Å². The van der Waals surface area contributed by atoms with Crippen molar-refractivity contribution in [3.63, 3.8) is 0 Å². The lowest BCUT2D eigenvalue weighted by molar-refractivity contribution is -0.274. The van der Waals surface area contributed by atoms with Crippen molar-refractivity contribution < 1.29 is 22.7 Å². The molecule has 23 heavy (non-hydrogen) atoms. The van der Waals surface area contributed by atoms with Gasteiger partial charge in [0.15, 0.2) is 5.78 Å². The molecule has 0 amide bonds. The van der Waals surface area contributed by atoms with Gasteiger partial charge in [-0.2, -0.15) is 5.26 Å². The molecule has 0 fully saturated rings. The van der Waals surface area contributed by atoms with Crippen LogP contribution in [0.4, 0.5) is 13.2 Å². The van der Waals surface area contributed by atoms with Crippen molar-refractivity contribution in [2.75, 3.05) is 0 Å². The minimum atomic E-state index is -4.80. The molecule has 0 saturated carbocycles. The molecule has 116 valence electrons. The van der Waals surface area contributed by atoms with Crippen LogP contribution in [0.5, 0.6) is 5.75 Å². The van der Waals surface area contributed by atoms with E-state index in [1.807, 2.05) is 6.07 Å². The molecule has 0 unspecified atom stereocenters. The normalized spacial score (nSPS) is 11.2. The summed E-state index contributed by atoms with van der Waals surface area (Å²) in [6.45, 7) is 0. The zero-order valence-electron chi connectivity index (χ0n) is 11.7. The van der Waals surface area contributed by atoms with Crippen molar-refractivity contribution in [1.29, 1.82) is 5.26 Å². The highest BCUT2D eigenvalue weighted by Gasteiger charge is 2.31. The fourth-order valence-electron chi connectivity index (χ4n) is 1.81. The Labute approximate surface area is 130 Å². The Morgan fingerprint density at radius 2 is 1.74 bits per heavy atom. The Morgan fingerprint density at radius 3 is 2.35 bits per heavy atom. The van der Waals surface area contributed by atoms with E-state index in [1.165, 1.54) is 54.6 Å². The number of hydrogen-bond donors (Lipinski definition) is 0. The van der Waals surface area contributed by atoms with Gasteiger partial charge in [0.1, 0.15) is 5.75 Å². The van der Waals surface area contributed by atoms with Crippen LogP contribution in [0.15, 0.2) is 54.6 Å². The molecule has 6 heteroatoms. The number of benzene rings is 2. The quantitative estimate of drug-likeness (QED) is 0.622. The molecular weight excluding hydrogens is 307 g/mol. The maximum atomic E-state index is 12.3. The van der Waals surface area contributed by atoms with E-state index >= 15 is 0 Å². The fourth-order valence-corrected chi connectivity index (χ4v) is 1.81. The summed E-state index contributed by atoms with van der Waals surface area (Å²) in [6.07, 6.45) is -2.40. The number of para-hydroxylation sites is 1. The molecule has 0 aromatic heterocycles. The van der Waals surface area contributed by atoms with Gasteiger partial charge in [0, 0.05) is 11.1 Å². The van der Waals surface area contributed by atoms with Crippen molar-refractivity contribution in [2.45, 2.75) is 6.36 Å². The summed E-state index contributed by atoms with van der Waals surface area (Å²) in [6, 6.07) is 13.4. The van der Waals surface area contributed by atoms with E-state index in [9.17, 15) is 18.0 Å². The molecule has 2 aromatic rings. The van der Waals surface area contributed by atoms with Gasteiger partial charge in [-0.25, -0.2) is 0 Å². The van der Waals surface area contributed by atoms with Crippen molar-refractivity contribution in [3.05, 3.63) is 71.3 Å². The third-order valence-corrected chi connectivity index (χ3v) is 2.86. The van der Waals surface area contributed by atoms with Crippen LogP contribution in [0.2, 0.25) is 0 Å². The van der Waals surface area contributed by atoms with Crippen LogP contribution >= 0.6 is 0 Å². The average Bonchev–Trinajstić information content (AvgIpc) is 2.52. The minimum absolute atomic E-state index is 0.131. The number of nitriles is 1. The zero-order valence-corrected chi connectivity index (χ0v) is 11.7. The van der Waals surface area contributed by atoms with Gasteiger partial charge in [-0.15, -0.1) is 13.2 Å². The van der Waals surface area contributed by atoms with E-state index in [1.54, 1.807) is 0 Å². The summed E-state index contributed by atoms with van der Waals surface area (Å²) >= 11 is 0. The lowest BCUT2D eigenvalue weighted by Crippen LogP contribution is -2.17. The largest absolute Gasteiger partial charge is 0.573 e. The Hall–Kier alpha value is -3.07. The standard InChI is InChI=1S/C17H10F3NO2/c18-17(19,20)23-16-4-2-1-3-14(16)9-10-15(22)13-7-5-12(11-21)6-8-13/h1-10H/b10-9+. The number of carbonyl (C=O) groups is 1. The van der Waals surface area contributed by atoms with Gasteiger partial charge in [-0.3, -0.25) is 4.79 Å². The van der Waals surface area contributed by atoms with E-state index in [-0.39, 0.29) is 11.3 Å². The van der Waals surface area contributed by atoms with E-state index in [0.717, 1.165) is 6.08 Å². The molecular formula is C17H10F3NO2. The lowest BCUT2D eigenvalue weighted by atomic mass is 10.1. The zero-order chi connectivity index (χ0) is 16.9. The second-order valence-corrected chi connectivity index (χ2v) is 4.47. The van der Waals surface area contributed by atoms with E-state index in [0.29, 0.717) is 11.1 Å². The summed E-state index contributed by atoms with van der Waals surface area (Å²) in [7, 11) is 0. The molecule has 2 rings (SSSR count). The second kappa shape index (κ2) is 6.79. The summed E-state index contributed by atoms with van der Waals surface area (Å²) in [5.74, 6) is -0.778. The lowest BCUT2D eigenvalue weighted by Gasteiger charge is -2.10. The molecule has 0 bridgehead atoms. The number of allylic oxidation sites excluding steroid dienone is 1. The summed E-state index contributed by atoms with van der Waals surface area (Å²) in [5.41, 5.74) is 0.871. The van der Waals surface area contributed by atoms with Crippen molar-refractivity contribution in [3.8, 4) is 11.8 Å². The number of carbonyl (C=O) groups excluding carboxylic acids is 1. The summed E-state index contributed by atoms with van der Waals surface area (Å²) in [4.78, 5) is 12.0. The molecule has 2 aromatic carbocycles. The Kier molecular flexibility index (Phi) is 4.82. The molecule has 0 radical (unpaired) electrons. The third kappa shape index (κ3) is 4.71. The first-order valence-corrected chi connectivity index (χ1v) is 6.46. The van der Waals surface area contributed by atoms with Crippen molar-refractivity contribution in [1.82, 2.24) is 0 Å². The molecule has 0 atom stereocenters.